The van der Waals surface area contributed by atoms with Crippen LogP contribution in [0.3, 0.4) is 0 Å². The Kier molecular flexibility index (Phi) is 6.32. The maximum Gasteiger partial charge on any atom is 0.271 e. The average Bonchev–Trinajstić information content (AvgIpc) is 3.38. The molecule has 0 radical (unpaired) electrons. The molecule has 2 heterocycles. The number of methoxy groups -OCH3 is 1. The summed E-state index contributed by atoms with van der Waals surface area (Å²) in [7, 11) is -1.46. The zero-order valence-corrected chi connectivity index (χ0v) is 19.1. The van der Waals surface area contributed by atoms with Crippen LogP contribution in [0.2, 0.25) is 0 Å². The Balaban J connectivity index is 1.52. The van der Waals surface area contributed by atoms with Crippen molar-refractivity contribution in [2.24, 2.45) is 0 Å². The van der Waals surface area contributed by atoms with Crippen LogP contribution in [-0.2, 0) is 16.3 Å². The molecule has 8 heteroatoms. The van der Waals surface area contributed by atoms with Gasteiger partial charge in [0.25, 0.3) is 5.91 Å². The van der Waals surface area contributed by atoms with Crippen molar-refractivity contribution < 1.29 is 17.9 Å². The van der Waals surface area contributed by atoms with Crippen LogP contribution < -0.4 is 10.1 Å². The lowest BCUT2D eigenvalue weighted by Crippen LogP contribution is -2.26. The molecule has 1 atom stereocenters. The maximum atomic E-state index is 12.8. The highest BCUT2D eigenvalue weighted by Crippen LogP contribution is 2.30. The zero-order valence-electron chi connectivity index (χ0n) is 18.2. The van der Waals surface area contributed by atoms with Gasteiger partial charge in [0.05, 0.1) is 30.4 Å². The minimum absolute atomic E-state index is 0.0477. The summed E-state index contributed by atoms with van der Waals surface area (Å²) in [6.45, 7) is 2.47. The van der Waals surface area contributed by atoms with Crippen molar-refractivity contribution in [1.82, 2.24) is 15.1 Å². The normalized spacial score (nSPS) is 17.2. The molecule has 1 aromatic heterocycles. The monoisotopic (exact) mass is 453 g/mol. The lowest BCUT2D eigenvalue weighted by Gasteiger charge is -2.13. The molecule has 1 unspecified atom stereocenters. The van der Waals surface area contributed by atoms with Gasteiger partial charge in [0.1, 0.15) is 5.75 Å². The third kappa shape index (κ3) is 5.02. The van der Waals surface area contributed by atoms with Gasteiger partial charge in [0.15, 0.2) is 15.5 Å². The first-order valence-electron chi connectivity index (χ1n) is 10.6. The number of benzene rings is 2. The Labute approximate surface area is 188 Å². The molecule has 0 bridgehead atoms. The van der Waals surface area contributed by atoms with Crippen molar-refractivity contribution in [3.63, 3.8) is 0 Å². The molecule has 1 aliphatic rings. The van der Waals surface area contributed by atoms with E-state index in [4.69, 9.17) is 4.74 Å². The van der Waals surface area contributed by atoms with E-state index in [1.165, 1.54) is 0 Å². The first-order valence-corrected chi connectivity index (χ1v) is 12.4. The quantitative estimate of drug-likeness (QED) is 0.593. The standard InChI is InChI=1S/C24H27N3O4S/c1-17-3-7-19(8-4-17)23-15-22(26-27(23)20-12-14-32(29,30)16-20)24(28)25-13-11-18-5-9-21(31-2)10-6-18/h3-10,15,20H,11-14,16H2,1-2H3,(H,25,28). The van der Waals surface area contributed by atoms with E-state index in [1.54, 1.807) is 17.9 Å². The molecule has 2 aromatic carbocycles. The van der Waals surface area contributed by atoms with Crippen LogP contribution in [-0.4, -0.2) is 49.3 Å². The highest BCUT2D eigenvalue weighted by atomic mass is 32.2. The number of carbonyl (C=O) groups is 1. The Morgan fingerprint density at radius 2 is 1.88 bits per heavy atom. The summed E-state index contributed by atoms with van der Waals surface area (Å²) in [5.74, 6) is 0.715. The summed E-state index contributed by atoms with van der Waals surface area (Å²) in [5.41, 5.74) is 4.17. The Bertz CT molecular complexity index is 1200. The number of hydrogen-bond acceptors (Lipinski definition) is 5. The Morgan fingerprint density at radius 3 is 2.50 bits per heavy atom. The number of hydrogen-bond donors (Lipinski definition) is 1. The molecule has 1 N–H and O–H groups in total. The Morgan fingerprint density at radius 1 is 1.16 bits per heavy atom. The van der Waals surface area contributed by atoms with Crippen LogP contribution in [0.25, 0.3) is 11.3 Å². The second kappa shape index (κ2) is 9.16. The van der Waals surface area contributed by atoms with Gasteiger partial charge >= 0.3 is 0 Å². The topological polar surface area (TPSA) is 90.3 Å². The molecule has 0 saturated carbocycles. The van der Waals surface area contributed by atoms with Gasteiger partial charge in [-0.15, -0.1) is 0 Å². The summed E-state index contributed by atoms with van der Waals surface area (Å²) in [6.07, 6.45) is 1.18. The second-order valence-corrected chi connectivity index (χ2v) is 10.4. The molecule has 1 fully saturated rings. The van der Waals surface area contributed by atoms with Crippen LogP contribution in [0, 0.1) is 6.92 Å². The average molecular weight is 454 g/mol. The SMILES string of the molecule is COc1ccc(CCNC(=O)c2cc(-c3ccc(C)cc3)n(C3CCS(=O)(=O)C3)n2)cc1. The van der Waals surface area contributed by atoms with E-state index in [9.17, 15) is 13.2 Å². The van der Waals surface area contributed by atoms with Gasteiger partial charge in [-0.25, -0.2) is 8.42 Å². The van der Waals surface area contributed by atoms with E-state index in [1.807, 2.05) is 55.5 Å². The van der Waals surface area contributed by atoms with Crippen molar-refractivity contribution in [2.45, 2.75) is 25.8 Å². The van der Waals surface area contributed by atoms with E-state index in [-0.39, 0.29) is 23.5 Å². The molecular weight excluding hydrogens is 426 g/mol. The van der Waals surface area contributed by atoms with Gasteiger partial charge in [-0.1, -0.05) is 42.0 Å². The van der Waals surface area contributed by atoms with Crippen molar-refractivity contribution in [1.29, 1.82) is 0 Å². The van der Waals surface area contributed by atoms with E-state index >= 15 is 0 Å². The van der Waals surface area contributed by atoms with Crippen LogP contribution >= 0.6 is 0 Å². The largest absolute Gasteiger partial charge is 0.497 e. The fourth-order valence-corrected chi connectivity index (χ4v) is 5.59. The first-order chi connectivity index (χ1) is 15.3. The van der Waals surface area contributed by atoms with Gasteiger partial charge in [0.2, 0.25) is 0 Å². The number of sulfone groups is 1. The number of carbonyl (C=O) groups excluding carboxylic acids is 1. The smallest absolute Gasteiger partial charge is 0.271 e. The van der Waals surface area contributed by atoms with Gasteiger partial charge in [0, 0.05) is 6.54 Å². The van der Waals surface area contributed by atoms with E-state index in [2.05, 4.69) is 10.4 Å². The molecule has 1 amide bonds. The van der Waals surface area contributed by atoms with E-state index < -0.39 is 9.84 Å². The molecular formula is C24H27N3O4S. The van der Waals surface area contributed by atoms with E-state index in [0.717, 1.165) is 28.1 Å². The van der Waals surface area contributed by atoms with Crippen LogP contribution in [0.15, 0.2) is 54.6 Å². The molecule has 0 aliphatic carbocycles. The Hall–Kier alpha value is -3.13. The minimum Gasteiger partial charge on any atom is -0.497 e. The molecule has 0 spiro atoms. The highest BCUT2D eigenvalue weighted by Gasteiger charge is 2.32. The lowest BCUT2D eigenvalue weighted by molar-refractivity contribution is 0.0948. The van der Waals surface area contributed by atoms with Crippen LogP contribution in [0.5, 0.6) is 5.75 Å². The molecule has 32 heavy (non-hydrogen) atoms. The predicted octanol–water partition coefficient (Wildman–Crippen LogP) is 3.20. The molecule has 3 aromatic rings. The van der Waals surface area contributed by atoms with Gasteiger partial charge in [-0.3, -0.25) is 9.48 Å². The summed E-state index contributed by atoms with van der Waals surface area (Å²) in [4.78, 5) is 12.8. The first kappa shape index (κ1) is 22.1. The molecule has 7 nitrogen and oxygen atoms in total. The van der Waals surface area contributed by atoms with E-state index in [0.29, 0.717) is 25.1 Å². The maximum absolute atomic E-state index is 12.8. The third-order valence-corrected chi connectivity index (χ3v) is 7.48. The summed E-state index contributed by atoms with van der Waals surface area (Å²) < 4.78 is 31.0. The lowest BCUT2D eigenvalue weighted by atomic mass is 10.1. The third-order valence-electron chi connectivity index (χ3n) is 5.73. The van der Waals surface area contributed by atoms with Gasteiger partial charge < -0.3 is 10.1 Å². The highest BCUT2D eigenvalue weighted by molar-refractivity contribution is 7.91. The number of nitrogens with one attached hydrogen (secondary N) is 1. The van der Waals surface area contributed by atoms with Crippen molar-refractivity contribution in [2.75, 3.05) is 25.2 Å². The fraction of sp³-hybridized carbons (Fsp3) is 0.333. The number of ether oxygens (including phenoxy) is 1. The number of aryl methyl sites for hydroxylation is 1. The van der Waals surface area contributed by atoms with Crippen molar-refractivity contribution in [3.8, 4) is 17.0 Å². The van der Waals surface area contributed by atoms with Crippen molar-refractivity contribution >= 4 is 15.7 Å². The van der Waals surface area contributed by atoms with Gasteiger partial charge in [-0.2, -0.15) is 5.10 Å². The molecule has 1 saturated heterocycles. The zero-order chi connectivity index (χ0) is 22.7. The van der Waals surface area contributed by atoms with Gasteiger partial charge in [-0.05, 0) is 49.1 Å². The molecule has 1 aliphatic heterocycles. The number of aromatic nitrogens is 2. The number of amides is 1. The minimum atomic E-state index is -3.08. The number of rotatable bonds is 7. The predicted molar refractivity (Wildman–Crippen MR) is 124 cm³/mol. The summed E-state index contributed by atoms with van der Waals surface area (Å²) in [5, 5.41) is 7.45. The fourth-order valence-electron chi connectivity index (χ4n) is 3.90. The van der Waals surface area contributed by atoms with Crippen LogP contribution in [0.1, 0.15) is 34.1 Å². The molecule has 4 rings (SSSR count). The van der Waals surface area contributed by atoms with Crippen LogP contribution in [0.4, 0.5) is 0 Å². The summed E-state index contributed by atoms with van der Waals surface area (Å²) >= 11 is 0. The van der Waals surface area contributed by atoms with Crippen molar-refractivity contribution in [3.05, 3.63) is 71.4 Å². The summed E-state index contributed by atoms with van der Waals surface area (Å²) in [6, 6.07) is 17.1. The second-order valence-electron chi connectivity index (χ2n) is 8.14. The number of nitrogens with zero attached hydrogens (tertiary/aromatic N) is 2. The molecule has 168 valence electrons.